The summed E-state index contributed by atoms with van der Waals surface area (Å²) in [5, 5.41) is 3.46. The van der Waals surface area contributed by atoms with Crippen molar-refractivity contribution in [1.29, 1.82) is 0 Å². The second-order valence-corrected chi connectivity index (χ2v) is 4.89. The molecule has 0 amide bonds. The summed E-state index contributed by atoms with van der Waals surface area (Å²) in [6.45, 7) is 0.997. The third-order valence-electron chi connectivity index (χ3n) is 3.75. The van der Waals surface area contributed by atoms with Crippen LogP contribution < -0.4 is 5.32 Å². The zero-order chi connectivity index (χ0) is 11.4. The highest BCUT2D eigenvalue weighted by Gasteiger charge is 2.35. The minimum atomic E-state index is 0.331. The van der Waals surface area contributed by atoms with Gasteiger partial charge in [0.1, 0.15) is 5.82 Å². The molecule has 1 N–H and O–H groups in total. The van der Waals surface area contributed by atoms with Crippen molar-refractivity contribution in [3.05, 3.63) is 24.4 Å². The van der Waals surface area contributed by atoms with Crippen molar-refractivity contribution in [2.45, 2.75) is 31.2 Å². The van der Waals surface area contributed by atoms with E-state index >= 15 is 0 Å². The average molecular weight is 219 g/mol. The third kappa shape index (κ3) is 2.35. The fourth-order valence-electron chi connectivity index (χ4n) is 2.54. The molecule has 1 heterocycles. The molecule has 2 rings (SSSR count). The van der Waals surface area contributed by atoms with Crippen molar-refractivity contribution in [2.24, 2.45) is 0 Å². The smallest absolute Gasteiger partial charge is 0.125 e. The van der Waals surface area contributed by atoms with Gasteiger partial charge >= 0.3 is 0 Å². The molecule has 16 heavy (non-hydrogen) atoms. The lowest BCUT2D eigenvalue weighted by Gasteiger charge is -2.36. The molecule has 0 saturated heterocycles. The van der Waals surface area contributed by atoms with Crippen LogP contribution in [0.2, 0.25) is 0 Å². The van der Waals surface area contributed by atoms with Crippen molar-refractivity contribution in [2.75, 3.05) is 26.0 Å². The summed E-state index contributed by atoms with van der Waals surface area (Å²) >= 11 is 0. The summed E-state index contributed by atoms with van der Waals surface area (Å²) in [7, 11) is 4.37. The largest absolute Gasteiger partial charge is 0.368 e. The van der Waals surface area contributed by atoms with E-state index in [1.54, 1.807) is 0 Å². The summed E-state index contributed by atoms with van der Waals surface area (Å²) in [6, 6.07) is 5.99. The van der Waals surface area contributed by atoms with Gasteiger partial charge in [0.15, 0.2) is 0 Å². The monoisotopic (exact) mass is 219 g/mol. The number of likely N-dealkylation sites (N-methyl/N-ethyl adjacent to an activating group) is 1. The van der Waals surface area contributed by atoms with Crippen molar-refractivity contribution in [3.63, 3.8) is 0 Å². The third-order valence-corrected chi connectivity index (χ3v) is 3.75. The molecular formula is C13H21N3. The number of hydrogen-bond donors (Lipinski definition) is 1. The predicted octanol–water partition coefficient (Wildman–Crippen LogP) is 2.37. The van der Waals surface area contributed by atoms with E-state index in [2.05, 4.69) is 29.3 Å². The van der Waals surface area contributed by atoms with Gasteiger partial charge in [0.05, 0.1) is 0 Å². The van der Waals surface area contributed by atoms with Crippen molar-refractivity contribution >= 4 is 5.82 Å². The number of hydrogen-bond acceptors (Lipinski definition) is 3. The summed E-state index contributed by atoms with van der Waals surface area (Å²) in [4.78, 5) is 6.67. The zero-order valence-corrected chi connectivity index (χ0v) is 10.2. The molecule has 0 unspecified atom stereocenters. The molecule has 1 fully saturated rings. The van der Waals surface area contributed by atoms with E-state index in [-0.39, 0.29) is 0 Å². The topological polar surface area (TPSA) is 28.2 Å². The Morgan fingerprint density at radius 1 is 1.31 bits per heavy atom. The van der Waals surface area contributed by atoms with Crippen LogP contribution >= 0.6 is 0 Å². The minimum absolute atomic E-state index is 0.331. The van der Waals surface area contributed by atoms with E-state index in [0.29, 0.717) is 5.54 Å². The average Bonchev–Trinajstić information content (AvgIpc) is 2.78. The van der Waals surface area contributed by atoms with E-state index in [1.165, 1.54) is 25.7 Å². The van der Waals surface area contributed by atoms with Crippen molar-refractivity contribution in [1.82, 2.24) is 9.88 Å². The predicted molar refractivity (Wildman–Crippen MR) is 67.6 cm³/mol. The summed E-state index contributed by atoms with van der Waals surface area (Å²) < 4.78 is 0. The Bertz CT molecular complexity index is 315. The lowest BCUT2D eigenvalue weighted by molar-refractivity contribution is 0.172. The van der Waals surface area contributed by atoms with Crippen LogP contribution in [-0.4, -0.2) is 36.1 Å². The molecule has 1 saturated carbocycles. The molecule has 3 nitrogen and oxygen atoms in total. The standard InChI is InChI=1S/C13H21N3/c1-16(2)13(8-4-5-9-13)11-15-12-7-3-6-10-14-12/h3,6-7,10H,4-5,8-9,11H2,1-2H3,(H,14,15). The summed E-state index contributed by atoms with van der Waals surface area (Å²) in [5.74, 6) is 0.982. The molecule has 0 aromatic carbocycles. The molecule has 1 aromatic rings. The van der Waals surface area contributed by atoms with Gasteiger partial charge in [-0.2, -0.15) is 0 Å². The molecule has 0 atom stereocenters. The Hall–Kier alpha value is -1.09. The second kappa shape index (κ2) is 4.83. The van der Waals surface area contributed by atoms with Crippen LogP contribution in [0.25, 0.3) is 0 Å². The lowest BCUT2D eigenvalue weighted by Crippen LogP contribution is -2.47. The maximum Gasteiger partial charge on any atom is 0.125 e. The molecule has 88 valence electrons. The molecular weight excluding hydrogens is 198 g/mol. The Kier molecular flexibility index (Phi) is 3.44. The highest BCUT2D eigenvalue weighted by atomic mass is 15.2. The number of aromatic nitrogens is 1. The first-order chi connectivity index (χ1) is 7.73. The molecule has 0 radical (unpaired) electrons. The van der Waals surface area contributed by atoms with Gasteiger partial charge in [-0.1, -0.05) is 18.9 Å². The van der Waals surface area contributed by atoms with Crippen molar-refractivity contribution in [3.8, 4) is 0 Å². The van der Waals surface area contributed by atoms with E-state index < -0.39 is 0 Å². The normalized spacial score (nSPS) is 18.9. The number of nitrogens with zero attached hydrogens (tertiary/aromatic N) is 2. The second-order valence-electron chi connectivity index (χ2n) is 4.89. The number of nitrogens with one attached hydrogen (secondary N) is 1. The van der Waals surface area contributed by atoms with Crippen LogP contribution in [0.1, 0.15) is 25.7 Å². The minimum Gasteiger partial charge on any atom is -0.368 e. The van der Waals surface area contributed by atoms with E-state index in [1.807, 2.05) is 24.4 Å². The number of pyridine rings is 1. The van der Waals surface area contributed by atoms with Gasteiger partial charge in [0.25, 0.3) is 0 Å². The molecule has 0 bridgehead atoms. The maximum atomic E-state index is 4.30. The summed E-state index contributed by atoms with van der Waals surface area (Å²) in [6.07, 6.45) is 7.11. The van der Waals surface area contributed by atoms with Gasteiger partial charge in [-0.3, -0.25) is 0 Å². The number of anilines is 1. The van der Waals surface area contributed by atoms with Crippen LogP contribution in [0.4, 0.5) is 5.82 Å². The first-order valence-corrected chi connectivity index (χ1v) is 6.05. The molecule has 0 aliphatic heterocycles. The zero-order valence-electron chi connectivity index (χ0n) is 10.2. The van der Waals surface area contributed by atoms with E-state index in [9.17, 15) is 0 Å². The molecule has 1 aromatic heterocycles. The van der Waals surface area contributed by atoms with Gasteiger partial charge in [-0.25, -0.2) is 4.98 Å². The fourth-order valence-corrected chi connectivity index (χ4v) is 2.54. The van der Waals surface area contributed by atoms with Gasteiger partial charge < -0.3 is 10.2 Å². The van der Waals surface area contributed by atoms with Gasteiger partial charge in [0, 0.05) is 18.3 Å². The first-order valence-electron chi connectivity index (χ1n) is 6.05. The SMILES string of the molecule is CN(C)C1(CNc2ccccn2)CCCC1. The Morgan fingerprint density at radius 2 is 2.06 bits per heavy atom. The fraction of sp³-hybridized carbons (Fsp3) is 0.615. The van der Waals surface area contributed by atoms with Gasteiger partial charge in [-0.15, -0.1) is 0 Å². The van der Waals surface area contributed by atoms with Crippen LogP contribution in [-0.2, 0) is 0 Å². The highest BCUT2D eigenvalue weighted by Crippen LogP contribution is 2.33. The van der Waals surface area contributed by atoms with Crippen molar-refractivity contribution < 1.29 is 0 Å². The molecule has 0 spiro atoms. The first kappa shape index (κ1) is 11.4. The summed E-state index contributed by atoms with van der Waals surface area (Å²) in [5.41, 5.74) is 0.331. The Labute approximate surface area is 97.9 Å². The number of rotatable bonds is 4. The molecule has 1 aliphatic carbocycles. The Balaban J connectivity index is 1.97. The van der Waals surface area contributed by atoms with Crippen LogP contribution in [0.5, 0.6) is 0 Å². The van der Waals surface area contributed by atoms with E-state index in [4.69, 9.17) is 0 Å². The van der Waals surface area contributed by atoms with E-state index in [0.717, 1.165) is 12.4 Å². The lowest BCUT2D eigenvalue weighted by atomic mass is 9.96. The quantitative estimate of drug-likeness (QED) is 0.842. The van der Waals surface area contributed by atoms with Crippen LogP contribution in [0.3, 0.4) is 0 Å². The van der Waals surface area contributed by atoms with Gasteiger partial charge in [0.2, 0.25) is 0 Å². The van der Waals surface area contributed by atoms with Crippen LogP contribution in [0.15, 0.2) is 24.4 Å². The molecule has 1 aliphatic rings. The highest BCUT2D eigenvalue weighted by molar-refractivity contribution is 5.34. The molecule has 3 heteroatoms. The maximum absolute atomic E-state index is 4.30. The Morgan fingerprint density at radius 3 is 2.62 bits per heavy atom. The van der Waals surface area contributed by atoms with Crippen LogP contribution in [0, 0.1) is 0 Å². The van der Waals surface area contributed by atoms with Gasteiger partial charge in [-0.05, 0) is 39.1 Å².